The topological polar surface area (TPSA) is 66.8 Å². The van der Waals surface area contributed by atoms with Crippen molar-refractivity contribution < 1.29 is 32.9 Å². The Balaban J connectivity index is 3.42. The summed E-state index contributed by atoms with van der Waals surface area (Å²) in [6.45, 7) is 1.25. The van der Waals surface area contributed by atoms with Crippen LogP contribution in [0.25, 0.3) is 0 Å². The SMILES string of the molecule is COc1c(C(F)(F)F)ccc(C(C)C(=O)O)c1O. The Morgan fingerprint density at radius 3 is 2.33 bits per heavy atom. The lowest BCUT2D eigenvalue weighted by Crippen LogP contribution is -2.11. The second-order valence-corrected chi connectivity index (χ2v) is 3.64. The third kappa shape index (κ3) is 2.49. The summed E-state index contributed by atoms with van der Waals surface area (Å²) in [4.78, 5) is 10.8. The smallest absolute Gasteiger partial charge is 0.420 e. The summed E-state index contributed by atoms with van der Waals surface area (Å²) >= 11 is 0. The van der Waals surface area contributed by atoms with E-state index in [9.17, 15) is 23.1 Å². The Labute approximate surface area is 101 Å². The molecule has 1 unspecified atom stereocenters. The molecule has 1 aromatic rings. The highest BCUT2D eigenvalue weighted by molar-refractivity contribution is 5.77. The van der Waals surface area contributed by atoms with Crippen molar-refractivity contribution in [3.8, 4) is 11.5 Å². The zero-order chi connectivity index (χ0) is 14.1. The summed E-state index contributed by atoms with van der Waals surface area (Å²) in [5, 5.41) is 18.4. The fourth-order valence-electron chi connectivity index (χ4n) is 1.50. The zero-order valence-electron chi connectivity index (χ0n) is 9.58. The standard InChI is InChI=1S/C11H11F3O4/c1-5(10(16)17)6-3-4-7(11(12,13)14)9(18-2)8(6)15/h3-5,15H,1-2H3,(H,16,17). The number of alkyl halides is 3. The summed E-state index contributed by atoms with van der Waals surface area (Å²) in [5.41, 5.74) is -1.28. The molecule has 0 aliphatic carbocycles. The fourth-order valence-corrected chi connectivity index (χ4v) is 1.50. The van der Waals surface area contributed by atoms with Crippen molar-refractivity contribution in [2.24, 2.45) is 0 Å². The normalized spacial score (nSPS) is 13.2. The van der Waals surface area contributed by atoms with E-state index in [2.05, 4.69) is 4.74 Å². The highest BCUT2D eigenvalue weighted by atomic mass is 19.4. The van der Waals surface area contributed by atoms with Gasteiger partial charge in [-0.2, -0.15) is 13.2 Å². The zero-order valence-corrected chi connectivity index (χ0v) is 9.58. The molecule has 0 aromatic heterocycles. The molecule has 0 amide bonds. The van der Waals surface area contributed by atoms with Crippen LogP contribution in [0.15, 0.2) is 12.1 Å². The highest BCUT2D eigenvalue weighted by Crippen LogP contribution is 2.44. The van der Waals surface area contributed by atoms with Crippen molar-refractivity contribution in [1.29, 1.82) is 0 Å². The van der Waals surface area contributed by atoms with Gasteiger partial charge < -0.3 is 14.9 Å². The van der Waals surface area contributed by atoms with E-state index in [1.807, 2.05) is 0 Å². The lowest BCUT2D eigenvalue weighted by Gasteiger charge is -2.17. The lowest BCUT2D eigenvalue weighted by molar-refractivity contribution is -0.139. The first-order chi connectivity index (χ1) is 8.20. The highest BCUT2D eigenvalue weighted by Gasteiger charge is 2.37. The largest absolute Gasteiger partial charge is 0.504 e. The second-order valence-electron chi connectivity index (χ2n) is 3.64. The van der Waals surface area contributed by atoms with Crippen LogP contribution in [0.5, 0.6) is 11.5 Å². The minimum Gasteiger partial charge on any atom is -0.504 e. The Bertz CT molecular complexity index is 468. The molecular weight excluding hydrogens is 253 g/mol. The number of hydrogen-bond acceptors (Lipinski definition) is 3. The van der Waals surface area contributed by atoms with Gasteiger partial charge in [0.05, 0.1) is 13.0 Å². The third-order valence-corrected chi connectivity index (χ3v) is 2.51. The molecule has 7 heteroatoms. The molecular formula is C11H11F3O4. The maximum Gasteiger partial charge on any atom is 0.420 e. The molecule has 1 atom stereocenters. The summed E-state index contributed by atoms with van der Waals surface area (Å²) in [6, 6.07) is 1.62. The van der Waals surface area contributed by atoms with Crippen molar-refractivity contribution in [2.75, 3.05) is 7.11 Å². The van der Waals surface area contributed by atoms with Gasteiger partial charge in [-0.1, -0.05) is 6.07 Å². The van der Waals surface area contributed by atoms with Crippen molar-refractivity contribution in [3.63, 3.8) is 0 Å². The number of aliphatic carboxylic acids is 1. The molecule has 0 fully saturated rings. The number of benzene rings is 1. The van der Waals surface area contributed by atoms with E-state index in [4.69, 9.17) is 5.11 Å². The number of carboxylic acids is 1. The van der Waals surface area contributed by atoms with Crippen molar-refractivity contribution in [1.82, 2.24) is 0 Å². The van der Waals surface area contributed by atoms with Gasteiger partial charge in [0, 0.05) is 5.56 Å². The number of hydrogen-bond donors (Lipinski definition) is 2. The summed E-state index contributed by atoms with van der Waals surface area (Å²) < 4.78 is 42.3. The Morgan fingerprint density at radius 2 is 1.94 bits per heavy atom. The molecule has 0 spiro atoms. The van der Waals surface area contributed by atoms with Crippen LogP contribution in [-0.2, 0) is 11.0 Å². The van der Waals surface area contributed by atoms with E-state index in [-0.39, 0.29) is 5.56 Å². The molecule has 0 saturated heterocycles. The Kier molecular flexibility index (Phi) is 3.73. The van der Waals surface area contributed by atoms with E-state index >= 15 is 0 Å². The quantitative estimate of drug-likeness (QED) is 0.880. The van der Waals surface area contributed by atoms with Crippen LogP contribution in [0.2, 0.25) is 0 Å². The van der Waals surface area contributed by atoms with Gasteiger partial charge in [-0.15, -0.1) is 0 Å². The van der Waals surface area contributed by atoms with Gasteiger partial charge in [0.2, 0.25) is 0 Å². The summed E-state index contributed by atoms with van der Waals surface area (Å²) in [5.74, 6) is -3.97. The number of aromatic hydroxyl groups is 1. The minimum atomic E-state index is -4.69. The molecule has 1 rings (SSSR count). The molecule has 0 radical (unpaired) electrons. The van der Waals surface area contributed by atoms with Crippen LogP contribution < -0.4 is 4.74 Å². The number of rotatable bonds is 3. The van der Waals surface area contributed by atoms with E-state index in [0.29, 0.717) is 6.07 Å². The van der Waals surface area contributed by atoms with Crippen molar-refractivity contribution >= 4 is 5.97 Å². The van der Waals surface area contributed by atoms with Crippen LogP contribution in [0, 0.1) is 0 Å². The predicted octanol–water partition coefficient (Wildman–Crippen LogP) is 2.61. The first kappa shape index (κ1) is 14.1. The molecule has 0 saturated carbocycles. The number of ether oxygens (including phenoxy) is 1. The molecule has 18 heavy (non-hydrogen) atoms. The maximum atomic E-state index is 12.6. The van der Waals surface area contributed by atoms with Crippen molar-refractivity contribution in [3.05, 3.63) is 23.3 Å². The predicted molar refractivity (Wildman–Crippen MR) is 55.7 cm³/mol. The average molecular weight is 264 g/mol. The number of carbonyl (C=O) groups is 1. The van der Waals surface area contributed by atoms with Crippen LogP contribution >= 0.6 is 0 Å². The number of carboxylic acid groups (broad SMARTS) is 1. The summed E-state index contributed by atoms with van der Waals surface area (Å²) in [6.07, 6.45) is -4.69. The number of phenolic OH excluding ortho intramolecular Hbond substituents is 1. The van der Waals surface area contributed by atoms with Crippen LogP contribution in [0.1, 0.15) is 24.0 Å². The number of methoxy groups -OCH3 is 1. The first-order valence-corrected chi connectivity index (χ1v) is 4.90. The van der Waals surface area contributed by atoms with E-state index in [1.165, 1.54) is 6.92 Å². The van der Waals surface area contributed by atoms with E-state index in [0.717, 1.165) is 13.2 Å². The molecule has 0 heterocycles. The molecule has 0 aliphatic rings. The van der Waals surface area contributed by atoms with Crippen LogP contribution in [0.4, 0.5) is 13.2 Å². The minimum absolute atomic E-state index is 0.132. The van der Waals surface area contributed by atoms with Crippen molar-refractivity contribution in [2.45, 2.75) is 19.0 Å². The van der Waals surface area contributed by atoms with Gasteiger partial charge >= 0.3 is 12.1 Å². The lowest BCUT2D eigenvalue weighted by atomic mass is 9.97. The van der Waals surface area contributed by atoms with Gasteiger partial charge in [-0.05, 0) is 13.0 Å². The average Bonchev–Trinajstić information content (AvgIpc) is 2.26. The molecule has 100 valence electrons. The third-order valence-electron chi connectivity index (χ3n) is 2.51. The maximum absolute atomic E-state index is 12.6. The van der Waals surface area contributed by atoms with E-state index < -0.39 is 35.1 Å². The van der Waals surface area contributed by atoms with Gasteiger partial charge in [0.25, 0.3) is 0 Å². The molecule has 0 bridgehead atoms. The Hall–Kier alpha value is -1.92. The first-order valence-electron chi connectivity index (χ1n) is 4.90. The number of halogens is 3. The monoisotopic (exact) mass is 264 g/mol. The molecule has 0 aliphatic heterocycles. The van der Waals surface area contributed by atoms with Gasteiger partial charge in [-0.25, -0.2) is 0 Å². The summed E-state index contributed by atoms with van der Waals surface area (Å²) in [7, 11) is 0.972. The van der Waals surface area contributed by atoms with Gasteiger partial charge in [-0.3, -0.25) is 4.79 Å². The van der Waals surface area contributed by atoms with Crippen LogP contribution in [-0.4, -0.2) is 23.3 Å². The molecule has 2 N–H and O–H groups in total. The van der Waals surface area contributed by atoms with Crippen LogP contribution in [0.3, 0.4) is 0 Å². The Morgan fingerprint density at radius 1 is 1.39 bits per heavy atom. The second kappa shape index (κ2) is 4.75. The van der Waals surface area contributed by atoms with Gasteiger partial charge in [0.15, 0.2) is 11.5 Å². The van der Waals surface area contributed by atoms with Gasteiger partial charge in [0.1, 0.15) is 5.56 Å². The number of phenols is 1. The molecule has 4 nitrogen and oxygen atoms in total. The fraction of sp³-hybridized carbons (Fsp3) is 0.364. The van der Waals surface area contributed by atoms with E-state index in [1.54, 1.807) is 0 Å². The molecule has 1 aromatic carbocycles.